The topological polar surface area (TPSA) is 135 Å². The van der Waals surface area contributed by atoms with Crippen LogP contribution in [0.1, 0.15) is 58.2 Å². The third-order valence-corrected chi connectivity index (χ3v) is 6.26. The molecule has 2 aromatic carbocycles. The predicted octanol–water partition coefficient (Wildman–Crippen LogP) is 3.69. The summed E-state index contributed by atoms with van der Waals surface area (Å²) in [5.41, 5.74) is 2.30. The molecule has 0 aliphatic rings. The van der Waals surface area contributed by atoms with E-state index in [1.807, 2.05) is 61.5 Å². The van der Waals surface area contributed by atoms with Gasteiger partial charge in [-0.2, -0.15) is 0 Å². The summed E-state index contributed by atoms with van der Waals surface area (Å²) < 4.78 is 0. The van der Waals surface area contributed by atoms with Gasteiger partial charge in [0.25, 0.3) is 5.91 Å². The summed E-state index contributed by atoms with van der Waals surface area (Å²) in [4.78, 5) is 43.6. The second-order valence-electron chi connectivity index (χ2n) is 9.56. The van der Waals surface area contributed by atoms with Crippen LogP contribution in [0.2, 0.25) is 0 Å². The molecule has 0 saturated heterocycles. The summed E-state index contributed by atoms with van der Waals surface area (Å²) in [6, 6.07) is 14.7. The number of aromatic nitrogens is 1. The first kappa shape index (κ1) is 27.3. The Kier molecular flexibility index (Phi) is 8.60. The fourth-order valence-corrected chi connectivity index (χ4v) is 4.06. The van der Waals surface area contributed by atoms with E-state index in [-0.39, 0.29) is 35.3 Å². The lowest BCUT2D eigenvalue weighted by Crippen LogP contribution is -2.45. The molecule has 1 heterocycles. The monoisotopic (exact) mass is 506 g/mol. The fraction of sp³-hybridized carbons (Fsp3) is 0.321. The van der Waals surface area contributed by atoms with Crippen LogP contribution in [0.15, 0.2) is 54.6 Å². The number of aromatic amines is 1. The van der Waals surface area contributed by atoms with Crippen molar-refractivity contribution >= 4 is 23.3 Å². The largest absolute Gasteiger partial charge is 0.494 e. The Labute approximate surface area is 216 Å². The molecule has 0 radical (unpaired) electrons. The molecule has 37 heavy (non-hydrogen) atoms. The van der Waals surface area contributed by atoms with Gasteiger partial charge >= 0.3 is 0 Å². The zero-order chi connectivity index (χ0) is 27.3. The second kappa shape index (κ2) is 11.6. The van der Waals surface area contributed by atoms with Crippen LogP contribution in [0.3, 0.4) is 0 Å². The van der Waals surface area contributed by atoms with Crippen LogP contribution in [-0.4, -0.2) is 52.9 Å². The summed E-state index contributed by atoms with van der Waals surface area (Å²) in [7, 11) is 3.82. The number of ketones is 1. The van der Waals surface area contributed by atoms with Gasteiger partial charge in [0.1, 0.15) is 0 Å². The number of rotatable bonds is 10. The number of benzene rings is 2. The third-order valence-electron chi connectivity index (χ3n) is 6.26. The first-order valence-corrected chi connectivity index (χ1v) is 12.1. The lowest BCUT2D eigenvalue weighted by molar-refractivity contribution is -0.122. The number of nitrogens with zero attached hydrogens (tertiary/aromatic N) is 1. The molecule has 9 nitrogen and oxygen atoms in total. The maximum atomic E-state index is 13.2. The average molecular weight is 507 g/mol. The van der Waals surface area contributed by atoms with Crippen LogP contribution in [0.4, 0.5) is 5.69 Å². The van der Waals surface area contributed by atoms with E-state index in [9.17, 15) is 24.6 Å². The van der Waals surface area contributed by atoms with Gasteiger partial charge in [0.15, 0.2) is 11.7 Å². The minimum atomic E-state index is -0.946. The van der Waals surface area contributed by atoms with Gasteiger partial charge in [-0.1, -0.05) is 44.2 Å². The highest BCUT2D eigenvalue weighted by molar-refractivity contribution is 6.05. The van der Waals surface area contributed by atoms with Crippen molar-refractivity contribution in [1.82, 2.24) is 15.6 Å². The van der Waals surface area contributed by atoms with E-state index < -0.39 is 29.7 Å². The Morgan fingerprint density at radius 1 is 0.919 bits per heavy atom. The second-order valence-corrected chi connectivity index (χ2v) is 9.56. The predicted molar refractivity (Wildman–Crippen MR) is 142 cm³/mol. The number of hydrogen-bond donors (Lipinski definition) is 5. The molecular formula is C28H34N4O5. The molecule has 3 aromatic rings. The molecule has 1 aromatic heterocycles. The highest BCUT2D eigenvalue weighted by Gasteiger charge is 2.31. The van der Waals surface area contributed by atoms with Crippen LogP contribution in [0.25, 0.3) is 0 Å². The van der Waals surface area contributed by atoms with Crippen LogP contribution in [0, 0.1) is 12.8 Å². The van der Waals surface area contributed by atoms with Crippen molar-refractivity contribution < 1.29 is 24.6 Å². The number of carbonyl (C=O) groups excluding carboxylic acids is 3. The minimum Gasteiger partial charge on any atom is -0.494 e. The lowest BCUT2D eigenvalue weighted by Gasteiger charge is -2.24. The number of amides is 2. The Morgan fingerprint density at radius 2 is 1.54 bits per heavy atom. The maximum Gasteiger partial charge on any atom is 0.251 e. The molecule has 0 aliphatic heterocycles. The SMILES string of the molecule is Cc1c(O)[nH]c(O)c1C(=O)[C@@H](NC(=O)C[C@H](NC(=O)c1ccc(N(C)C)cc1)c1ccccc1)C(C)C. The van der Waals surface area contributed by atoms with Gasteiger partial charge in [-0.05, 0) is 42.7 Å². The molecule has 196 valence electrons. The molecule has 0 bridgehead atoms. The fourth-order valence-electron chi connectivity index (χ4n) is 4.06. The van der Waals surface area contributed by atoms with Crippen molar-refractivity contribution in [1.29, 1.82) is 0 Å². The molecule has 0 spiro atoms. The third kappa shape index (κ3) is 6.49. The Bertz CT molecular complexity index is 1250. The molecule has 0 unspecified atom stereocenters. The van der Waals surface area contributed by atoms with Crippen molar-refractivity contribution in [2.75, 3.05) is 19.0 Å². The summed E-state index contributed by atoms with van der Waals surface area (Å²) in [5.74, 6) is -2.34. The highest BCUT2D eigenvalue weighted by atomic mass is 16.3. The van der Waals surface area contributed by atoms with E-state index >= 15 is 0 Å². The number of anilines is 1. The normalized spacial score (nSPS) is 12.6. The van der Waals surface area contributed by atoms with E-state index in [0.29, 0.717) is 5.56 Å². The van der Waals surface area contributed by atoms with Crippen molar-refractivity contribution in [2.24, 2.45) is 5.92 Å². The Hall–Kier alpha value is -4.27. The maximum absolute atomic E-state index is 13.2. The highest BCUT2D eigenvalue weighted by Crippen LogP contribution is 2.30. The summed E-state index contributed by atoms with van der Waals surface area (Å²) >= 11 is 0. The summed E-state index contributed by atoms with van der Waals surface area (Å²) in [6.45, 7) is 5.05. The molecular weight excluding hydrogens is 472 g/mol. The van der Waals surface area contributed by atoms with Crippen molar-refractivity contribution in [3.05, 3.63) is 76.9 Å². The number of hydrogen-bond acceptors (Lipinski definition) is 6. The molecule has 0 saturated carbocycles. The van der Waals surface area contributed by atoms with Gasteiger partial charge in [-0.3, -0.25) is 19.4 Å². The van der Waals surface area contributed by atoms with Gasteiger partial charge in [0.05, 0.1) is 24.1 Å². The quantitative estimate of drug-likeness (QED) is 0.266. The molecule has 2 amide bonds. The van der Waals surface area contributed by atoms with E-state index in [2.05, 4.69) is 15.6 Å². The van der Waals surface area contributed by atoms with Gasteiger partial charge < -0.3 is 25.7 Å². The number of carbonyl (C=O) groups is 3. The molecule has 0 fully saturated rings. The van der Waals surface area contributed by atoms with Crippen molar-refractivity contribution in [3.8, 4) is 11.8 Å². The first-order chi connectivity index (χ1) is 17.5. The average Bonchev–Trinajstić information content (AvgIpc) is 3.12. The lowest BCUT2D eigenvalue weighted by atomic mass is 9.93. The van der Waals surface area contributed by atoms with Gasteiger partial charge in [0.2, 0.25) is 11.8 Å². The summed E-state index contributed by atoms with van der Waals surface area (Å²) in [5, 5.41) is 25.6. The number of H-pyrrole nitrogens is 1. The van der Waals surface area contributed by atoms with Gasteiger partial charge in [-0.25, -0.2) is 0 Å². The van der Waals surface area contributed by atoms with Crippen LogP contribution < -0.4 is 15.5 Å². The standard InChI is InChI=1S/C28H34N4O5/c1-16(2)24(25(34)23-17(3)26(35)31-28(23)37)30-22(33)15-21(18-9-7-6-8-10-18)29-27(36)19-11-13-20(14-12-19)32(4)5/h6-14,16,21,24,31,35,37H,15H2,1-5H3,(H,29,36)(H,30,33)/t21-,24-/m0/s1. The molecule has 3 rings (SSSR count). The van der Waals surface area contributed by atoms with Crippen LogP contribution >= 0.6 is 0 Å². The minimum absolute atomic E-state index is 0.0643. The molecule has 2 atom stereocenters. The Morgan fingerprint density at radius 3 is 2.05 bits per heavy atom. The Balaban J connectivity index is 1.79. The molecule has 9 heteroatoms. The zero-order valence-electron chi connectivity index (χ0n) is 21.7. The first-order valence-electron chi connectivity index (χ1n) is 12.1. The summed E-state index contributed by atoms with van der Waals surface area (Å²) in [6.07, 6.45) is -0.106. The van der Waals surface area contributed by atoms with E-state index in [1.165, 1.54) is 6.92 Å². The zero-order valence-corrected chi connectivity index (χ0v) is 21.7. The van der Waals surface area contributed by atoms with E-state index in [4.69, 9.17) is 0 Å². The number of aromatic hydroxyl groups is 2. The molecule has 5 N–H and O–H groups in total. The van der Waals surface area contributed by atoms with Crippen LogP contribution in [-0.2, 0) is 4.79 Å². The van der Waals surface area contributed by atoms with Gasteiger partial charge in [-0.15, -0.1) is 0 Å². The van der Waals surface area contributed by atoms with Crippen LogP contribution in [0.5, 0.6) is 11.8 Å². The van der Waals surface area contributed by atoms with Gasteiger partial charge in [0, 0.05) is 30.9 Å². The number of Topliss-reactive ketones (excluding diaryl/α,β-unsaturated/α-hetero) is 1. The van der Waals surface area contributed by atoms with E-state index in [1.54, 1.807) is 26.0 Å². The van der Waals surface area contributed by atoms with Crippen molar-refractivity contribution in [3.63, 3.8) is 0 Å². The van der Waals surface area contributed by atoms with Crippen molar-refractivity contribution in [2.45, 2.75) is 39.3 Å². The molecule has 0 aliphatic carbocycles. The number of nitrogens with one attached hydrogen (secondary N) is 3. The van der Waals surface area contributed by atoms with E-state index in [0.717, 1.165) is 11.3 Å². The smallest absolute Gasteiger partial charge is 0.251 e.